The second kappa shape index (κ2) is 8.53. The molecule has 0 heterocycles. The number of phenols is 3. The molecule has 0 unspecified atom stereocenters. The van der Waals surface area contributed by atoms with Gasteiger partial charge in [-0.2, -0.15) is 0 Å². The first-order valence-corrected chi connectivity index (χ1v) is 7.70. The van der Waals surface area contributed by atoms with Gasteiger partial charge in [0.25, 0.3) is 0 Å². The van der Waals surface area contributed by atoms with E-state index in [-0.39, 0.29) is 35.0 Å². The van der Waals surface area contributed by atoms with E-state index in [1.165, 1.54) is 49.6 Å². The van der Waals surface area contributed by atoms with E-state index in [2.05, 4.69) is 0 Å². The lowest BCUT2D eigenvalue weighted by molar-refractivity contribution is -0.121. The van der Waals surface area contributed by atoms with Gasteiger partial charge in [-0.05, 0) is 48.1 Å². The van der Waals surface area contributed by atoms with Crippen molar-refractivity contribution < 1.29 is 29.6 Å². The zero-order chi connectivity index (χ0) is 19.1. The zero-order valence-electron chi connectivity index (χ0n) is 14.0. The lowest BCUT2D eigenvalue weighted by Crippen LogP contribution is -2.01. The molecule has 0 saturated carbocycles. The van der Waals surface area contributed by atoms with Gasteiger partial charge >= 0.3 is 0 Å². The van der Waals surface area contributed by atoms with Crippen molar-refractivity contribution in [3.63, 3.8) is 0 Å². The molecule has 0 fully saturated rings. The summed E-state index contributed by atoms with van der Waals surface area (Å²) in [5.74, 6) is -0.938. The molecule has 0 aliphatic rings. The first-order chi connectivity index (χ1) is 12.4. The summed E-state index contributed by atoms with van der Waals surface area (Å²) in [4.78, 5) is 23.7. The highest BCUT2D eigenvalue weighted by Gasteiger charge is 2.07. The van der Waals surface area contributed by atoms with Gasteiger partial charge in [-0.25, -0.2) is 0 Å². The number of benzene rings is 2. The molecule has 0 spiro atoms. The third-order valence-electron chi connectivity index (χ3n) is 3.51. The van der Waals surface area contributed by atoms with E-state index in [0.29, 0.717) is 5.56 Å². The fourth-order valence-electron chi connectivity index (χ4n) is 2.16. The monoisotopic (exact) mass is 354 g/mol. The standard InChI is InChI=1S/C20H18O6/c1-26-20-11-13(6-10-19(20)25)5-7-14(21)12-15(22)8-9-16-17(23)3-2-4-18(16)24/h2-11,23-25H,12H2,1H3/b7-5+,9-8+. The van der Waals surface area contributed by atoms with Crippen molar-refractivity contribution in [3.8, 4) is 23.0 Å². The van der Waals surface area contributed by atoms with Crippen molar-refractivity contribution >= 4 is 23.7 Å². The Morgan fingerprint density at radius 3 is 2.15 bits per heavy atom. The minimum absolute atomic E-state index is 0.0105. The molecule has 6 heteroatoms. The number of allylic oxidation sites excluding steroid dienone is 2. The van der Waals surface area contributed by atoms with Gasteiger partial charge in [0, 0.05) is 0 Å². The second-order valence-corrected chi connectivity index (χ2v) is 5.42. The predicted octanol–water partition coefficient (Wildman–Crippen LogP) is 3.07. The van der Waals surface area contributed by atoms with Gasteiger partial charge in [-0.15, -0.1) is 0 Å². The summed E-state index contributed by atoms with van der Waals surface area (Å²) >= 11 is 0. The highest BCUT2D eigenvalue weighted by atomic mass is 16.5. The van der Waals surface area contributed by atoms with Gasteiger partial charge in [0.15, 0.2) is 23.1 Å². The van der Waals surface area contributed by atoms with Crippen LogP contribution in [0.4, 0.5) is 0 Å². The first-order valence-electron chi connectivity index (χ1n) is 7.70. The summed E-state index contributed by atoms with van der Waals surface area (Å²) < 4.78 is 4.98. The lowest BCUT2D eigenvalue weighted by atomic mass is 10.1. The molecule has 0 amide bonds. The summed E-state index contributed by atoms with van der Waals surface area (Å²) in [6.07, 6.45) is 4.81. The van der Waals surface area contributed by atoms with E-state index in [1.807, 2.05) is 0 Å². The molecule has 2 aromatic rings. The van der Waals surface area contributed by atoms with Crippen LogP contribution in [0.5, 0.6) is 23.0 Å². The van der Waals surface area contributed by atoms with Crippen LogP contribution in [0.1, 0.15) is 17.5 Å². The minimum atomic E-state index is -0.467. The SMILES string of the molecule is COc1cc(/C=C/C(=O)CC(=O)/C=C/c2c(O)cccc2O)ccc1O. The van der Waals surface area contributed by atoms with Crippen molar-refractivity contribution in [3.05, 3.63) is 59.7 Å². The Morgan fingerprint density at radius 2 is 1.54 bits per heavy atom. The maximum absolute atomic E-state index is 11.9. The molecule has 0 aliphatic heterocycles. The molecule has 0 radical (unpaired) electrons. The van der Waals surface area contributed by atoms with Crippen molar-refractivity contribution in [1.29, 1.82) is 0 Å². The third kappa shape index (κ3) is 4.98. The quantitative estimate of drug-likeness (QED) is 0.521. The molecule has 3 N–H and O–H groups in total. The number of ketones is 2. The van der Waals surface area contributed by atoms with Crippen LogP contribution in [0.2, 0.25) is 0 Å². The van der Waals surface area contributed by atoms with Gasteiger partial charge in [0.05, 0.1) is 19.1 Å². The number of phenolic OH excluding ortho intramolecular Hbond substituents is 3. The van der Waals surface area contributed by atoms with Crippen LogP contribution in [-0.4, -0.2) is 34.0 Å². The summed E-state index contributed by atoms with van der Waals surface area (Å²) in [6, 6.07) is 8.83. The Balaban J connectivity index is 1.99. The highest BCUT2D eigenvalue weighted by Crippen LogP contribution is 2.28. The van der Waals surface area contributed by atoms with E-state index in [9.17, 15) is 24.9 Å². The maximum atomic E-state index is 11.9. The number of carbonyl (C=O) groups excluding carboxylic acids is 2. The minimum Gasteiger partial charge on any atom is -0.507 e. The number of aromatic hydroxyl groups is 3. The summed E-state index contributed by atoms with van der Waals surface area (Å²) in [7, 11) is 1.42. The van der Waals surface area contributed by atoms with Gasteiger partial charge in [0.2, 0.25) is 0 Å². The zero-order valence-corrected chi connectivity index (χ0v) is 14.0. The number of methoxy groups -OCH3 is 1. The van der Waals surface area contributed by atoms with E-state index < -0.39 is 11.6 Å². The molecule has 0 aromatic heterocycles. The third-order valence-corrected chi connectivity index (χ3v) is 3.51. The van der Waals surface area contributed by atoms with Crippen LogP contribution >= 0.6 is 0 Å². The number of hydrogen-bond donors (Lipinski definition) is 3. The molecule has 6 nitrogen and oxygen atoms in total. The van der Waals surface area contributed by atoms with Gasteiger partial charge in [0.1, 0.15) is 11.5 Å². The Kier molecular flexibility index (Phi) is 6.16. The summed E-state index contributed by atoms with van der Waals surface area (Å²) in [6.45, 7) is 0. The molecular weight excluding hydrogens is 336 g/mol. The molecule has 2 aromatic carbocycles. The molecular formula is C20H18O6. The average Bonchev–Trinajstić information content (AvgIpc) is 2.60. The van der Waals surface area contributed by atoms with Crippen LogP contribution in [0.15, 0.2) is 48.6 Å². The molecule has 0 bridgehead atoms. The van der Waals surface area contributed by atoms with Crippen molar-refractivity contribution in [2.45, 2.75) is 6.42 Å². The fraction of sp³-hybridized carbons (Fsp3) is 0.100. The predicted molar refractivity (Wildman–Crippen MR) is 97.1 cm³/mol. The molecule has 2 rings (SSSR count). The van der Waals surface area contributed by atoms with Gasteiger partial charge in [-0.1, -0.05) is 18.2 Å². The molecule has 0 aliphatic carbocycles. The summed E-state index contributed by atoms with van der Waals surface area (Å²) in [5, 5.41) is 28.8. The van der Waals surface area contributed by atoms with E-state index >= 15 is 0 Å². The fourth-order valence-corrected chi connectivity index (χ4v) is 2.16. The number of rotatable bonds is 7. The maximum Gasteiger partial charge on any atom is 0.163 e. The molecule has 134 valence electrons. The van der Waals surface area contributed by atoms with E-state index in [4.69, 9.17) is 4.74 Å². The Hall–Kier alpha value is -3.54. The Bertz CT molecular complexity index is 860. The largest absolute Gasteiger partial charge is 0.507 e. The van der Waals surface area contributed by atoms with Crippen molar-refractivity contribution in [1.82, 2.24) is 0 Å². The Labute approximate surface area is 150 Å². The van der Waals surface area contributed by atoms with Crippen LogP contribution in [-0.2, 0) is 9.59 Å². The smallest absolute Gasteiger partial charge is 0.163 e. The normalized spacial score (nSPS) is 11.1. The van der Waals surface area contributed by atoms with Crippen LogP contribution in [0.3, 0.4) is 0 Å². The number of ether oxygens (including phenoxy) is 1. The average molecular weight is 354 g/mol. The lowest BCUT2D eigenvalue weighted by Gasteiger charge is -2.03. The summed E-state index contributed by atoms with van der Waals surface area (Å²) in [5.41, 5.74) is 0.746. The number of hydrogen-bond acceptors (Lipinski definition) is 6. The van der Waals surface area contributed by atoms with Crippen LogP contribution in [0, 0.1) is 0 Å². The van der Waals surface area contributed by atoms with Gasteiger partial charge < -0.3 is 20.1 Å². The van der Waals surface area contributed by atoms with Crippen molar-refractivity contribution in [2.75, 3.05) is 7.11 Å². The Morgan fingerprint density at radius 1 is 0.923 bits per heavy atom. The molecule has 0 atom stereocenters. The second-order valence-electron chi connectivity index (χ2n) is 5.42. The van der Waals surface area contributed by atoms with Gasteiger partial charge in [-0.3, -0.25) is 9.59 Å². The molecule has 26 heavy (non-hydrogen) atoms. The van der Waals surface area contributed by atoms with Crippen LogP contribution < -0.4 is 4.74 Å². The first kappa shape index (κ1) is 18.8. The highest BCUT2D eigenvalue weighted by molar-refractivity contribution is 6.11. The van der Waals surface area contributed by atoms with E-state index in [1.54, 1.807) is 12.1 Å². The van der Waals surface area contributed by atoms with E-state index in [0.717, 1.165) is 6.08 Å². The molecule has 0 saturated heterocycles. The van der Waals surface area contributed by atoms with Crippen LogP contribution in [0.25, 0.3) is 12.2 Å². The topological polar surface area (TPSA) is 104 Å². The number of carbonyl (C=O) groups is 2. The van der Waals surface area contributed by atoms with Crippen molar-refractivity contribution in [2.24, 2.45) is 0 Å².